The summed E-state index contributed by atoms with van der Waals surface area (Å²) in [5.41, 5.74) is 2.82. The normalized spacial score (nSPS) is 32.2. The quantitative estimate of drug-likeness (QED) is 0.114. The number of carbonyl (C=O) groups is 3. The first-order chi connectivity index (χ1) is 35.7. The molecular weight excluding hydrogens is 952 g/mol. The number of rotatable bonds is 10. The molecule has 2 aromatic heterocycles. The summed E-state index contributed by atoms with van der Waals surface area (Å²) in [6.45, 7) is 20.2. The van der Waals surface area contributed by atoms with Crippen LogP contribution in [0.3, 0.4) is 0 Å². The Balaban J connectivity index is 0.000000163. The molecule has 10 fully saturated rings. The van der Waals surface area contributed by atoms with Gasteiger partial charge < -0.3 is 57.2 Å². The number of nitrogens with zero attached hydrogens (tertiary/aromatic N) is 1. The van der Waals surface area contributed by atoms with Crippen LogP contribution in [0.2, 0.25) is 0 Å². The number of piperidine rings is 1. The molecule has 14 rings (SSSR count). The van der Waals surface area contributed by atoms with E-state index < -0.39 is 43.6 Å². The lowest BCUT2D eigenvalue weighted by atomic mass is 9.43. The van der Waals surface area contributed by atoms with Crippen molar-refractivity contribution in [1.82, 2.24) is 15.5 Å². The van der Waals surface area contributed by atoms with Crippen LogP contribution in [0.15, 0.2) is 69.9 Å². The molecule has 0 radical (unpaired) electrons. The third-order valence-corrected chi connectivity index (χ3v) is 19.3. The molecule has 4 bridgehead atoms. The molecule has 0 spiro atoms. The fourth-order valence-corrected chi connectivity index (χ4v) is 14.8. The van der Waals surface area contributed by atoms with Crippen LogP contribution in [0.4, 0.5) is 14.4 Å². The maximum Gasteiger partial charge on any atom is 0.482 e. The van der Waals surface area contributed by atoms with Gasteiger partial charge in [-0.25, -0.2) is 14.4 Å². The van der Waals surface area contributed by atoms with Gasteiger partial charge in [0, 0.05) is 17.3 Å². The van der Waals surface area contributed by atoms with Gasteiger partial charge in [-0.15, -0.1) is 0 Å². The molecular formula is C58H79B2N3O12. The zero-order chi connectivity index (χ0) is 52.7. The van der Waals surface area contributed by atoms with Crippen LogP contribution in [-0.4, -0.2) is 104 Å². The summed E-state index contributed by atoms with van der Waals surface area (Å²) in [5.74, 6) is 1.34. The molecule has 7 aliphatic carbocycles. The molecule has 3 saturated heterocycles. The highest BCUT2D eigenvalue weighted by molar-refractivity contribution is 6.48. The summed E-state index contributed by atoms with van der Waals surface area (Å²) < 4.78 is 55.4. The molecule has 4 aromatic rings. The molecule has 10 aliphatic rings. The van der Waals surface area contributed by atoms with Crippen molar-refractivity contribution in [3.63, 3.8) is 0 Å². The highest BCUT2D eigenvalue weighted by Gasteiger charge is 2.70. The molecule has 5 heterocycles. The first kappa shape index (κ1) is 52.4. The number of benzene rings is 2. The Morgan fingerprint density at radius 3 is 1.60 bits per heavy atom. The Bertz CT molecular complexity index is 2730. The zero-order valence-electron chi connectivity index (χ0n) is 45.7. The molecule has 0 unspecified atom stereocenters. The van der Waals surface area contributed by atoms with E-state index in [9.17, 15) is 14.4 Å². The number of amides is 3. The number of hydrogen-bond donors (Lipinski definition) is 2. The molecule has 2 aromatic carbocycles. The number of nitrogens with one attached hydrogen (secondary N) is 2. The number of alkyl carbamates (subject to hydrolysis) is 2. The molecule has 3 amide bonds. The van der Waals surface area contributed by atoms with Gasteiger partial charge in [-0.1, -0.05) is 70.5 Å². The Labute approximate surface area is 443 Å². The lowest BCUT2D eigenvalue weighted by Crippen LogP contribution is -2.65. The second-order valence-corrected chi connectivity index (χ2v) is 25.9. The molecule has 75 heavy (non-hydrogen) atoms. The average Bonchev–Trinajstić information content (AvgIpc) is 4.16. The average molecular weight is 1030 g/mol. The van der Waals surface area contributed by atoms with Gasteiger partial charge in [0.1, 0.15) is 29.0 Å². The van der Waals surface area contributed by atoms with E-state index in [1.54, 1.807) is 17.4 Å². The van der Waals surface area contributed by atoms with E-state index in [4.69, 9.17) is 41.7 Å². The number of carbonyl (C=O) groups excluding carboxylic acids is 3. The first-order valence-electron chi connectivity index (χ1n) is 28.2. The number of fused-ring (bicyclic) bond motifs is 2. The maximum absolute atomic E-state index is 13.3. The van der Waals surface area contributed by atoms with E-state index in [-0.39, 0.29) is 52.9 Å². The van der Waals surface area contributed by atoms with Gasteiger partial charge in [0.15, 0.2) is 0 Å². The van der Waals surface area contributed by atoms with Crippen molar-refractivity contribution in [1.29, 1.82) is 0 Å². The molecule has 7 saturated carbocycles. The fraction of sp³-hybridized carbons (Fsp3) is 0.672. The molecule has 15 nitrogen and oxygen atoms in total. The van der Waals surface area contributed by atoms with E-state index in [0.717, 1.165) is 84.4 Å². The van der Waals surface area contributed by atoms with Crippen molar-refractivity contribution in [3.05, 3.63) is 72.2 Å². The molecule has 2 N–H and O–H groups in total. The second-order valence-electron chi connectivity index (χ2n) is 25.9. The van der Waals surface area contributed by atoms with Crippen LogP contribution in [0.5, 0.6) is 0 Å². The minimum Gasteiger partial charge on any atom is -0.464 e. The van der Waals surface area contributed by atoms with Gasteiger partial charge in [0.2, 0.25) is 0 Å². The van der Waals surface area contributed by atoms with Crippen LogP contribution in [0, 0.1) is 34.5 Å². The third kappa shape index (κ3) is 10.1. The predicted molar refractivity (Wildman–Crippen MR) is 285 cm³/mol. The monoisotopic (exact) mass is 1030 g/mol. The summed E-state index contributed by atoms with van der Waals surface area (Å²) in [6, 6.07) is 15.9. The summed E-state index contributed by atoms with van der Waals surface area (Å²) in [4.78, 5) is 40.5. The SMILES string of the molecule is CC(C)(C)OC(=O)N1CCC[C@H](OC(=O)N[C@@H](Cc2coc3ccccc23)B2O[C@@H]3C[C@@H]4C[C@@H](C4(C)C)[C@]3(C)O2)C1.CC1(C)[C@@H]2C[C@H]3OB([C@H](Cc4coc5ccccc45)NC(=O)OC4CCCCC4)O[C@@]3(C)[C@H]1C2. The van der Waals surface area contributed by atoms with E-state index >= 15 is 0 Å². The van der Waals surface area contributed by atoms with Gasteiger partial charge in [0.05, 0.1) is 54.4 Å². The highest BCUT2D eigenvalue weighted by Crippen LogP contribution is 2.67. The number of hydrogen-bond acceptors (Lipinski definition) is 12. The van der Waals surface area contributed by atoms with Crippen molar-refractivity contribution >= 4 is 54.5 Å². The summed E-state index contributed by atoms with van der Waals surface area (Å²) in [7, 11) is -1.14. The predicted octanol–water partition coefficient (Wildman–Crippen LogP) is 11.4. The van der Waals surface area contributed by atoms with Crippen LogP contribution in [0.1, 0.15) is 144 Å². The van der Waals surface area contributed by atoms with Crippen LogP contribution >= 0.6 is 0 Å². The largest absolute Gasteiger partial charge is 0.482 e. The minimum absolute atomic E-state index is 0.00249. The van der Waals surface area contributed by atoms with E-state index in [2.05, 4.69) is 58.2 Å². The van der Waals surface area contributed by atoms with Crippen molar-refractivity contribution in [2.75, 3.05) is 13.1 Å². The summed E-state index contributed by atoms with van der Waals surface area (Å²) in [6.07, 6.45) is 14.0. The van der Waals surface area contributed by atoms with Gasteiger partial charge in [-0.05, 0) is 169 Å². The topological polar surface area (TPSA) is 169 Å². The van der Waals surface area contributed by atoms with Crippen molar-refractivity contribution in [3.8, 4) is 0 Å². The molecule has 17 heteroatoms. The van der Waals surface area contributed by atoms with Crippen molar-refractivity contribution < 1.29 is 56.0 Å². The van der Waals surface area contributed by atoms with Crippen molar-refractivity contribution in [2.45, 2.75) is 199 Å². The molecule has 404 valence electrons. The third-order valence-electron chi connectivity index (χ3n) is 19.3. The van der Waals surface area contributed by atoms with E-state index in [1.165, 1.54) is 12.8 Å². The Morgan fingerprint density at radius 2 is 1.12 bits per heavy atom. The highest BCUT2D eigenvalue weighted by atomic mass is 16.7. The van der Waals surface area contributed by atoms with Gasteiger partial charge in [0.25, 0.3) is 0 Å². The first-order valence-corrected chi connectivity index (χ1v) is 28.2. The van der Waals surface area contributed by atoms with E-state index in [1.807, 2.05) is 63.2 Å². The Morgan fingerprint density at radius 1 is 0.653 bits per heavy atom. The number of likely N-dealkylation sites (tertiary alicyclic amines) is 1. The minimum atomic E-state index is -0.619. The lowest BCUT2D eigenvalue weighted by molar-refractivity contribution is -0.199. The maximum atomic E-state index is 13.3. The Hall–Kier alpha value is -4.70. The number of para-hydroxylation sites is 2. The Kier molecular flexibility index (Phi) is 13.9. The summed E-state index contributed by atoms with van der Waals surface area (Å²) >= 11 is 0. The summed E-state index contributed by atoms with van der Waals surface area (Å²) in [5, 5.41) is 8.27. The van der Waals surface area contributed by atoms with Crippen molar-refractivity contribution in [2.24, 2.45) is 34.5 Å². The van der Waals surface area contributed by atoms with Crippen LogP contribution in [-0.2, 0) is 45.7 Å². The number of ether oxygens (including phenoxy) is 3. The molecule has 3 aliphatic heterocycles. The van der Waals surface area contributed by atoms with Gasteiger partial charge in [-0.3, -0.25) is 0 Å². The zero-order valence-corrected chi connectivity index (χ0v) is 45.7. The van der Waals surface area contributed by atoms with E-state index in [0.29, 0.717) is 56.0 Å². The van der Waals surface area contributed by atoms with Crippen LogP contribution in [0.25, 0.3) is 21.9 Å². The number of furan rings is 2. The smallest absolute Gasteiger partial charge is 0.464 e. The van der Waals surface area contributed by atoms with Gasteiger partial charge >= 0.3 is 32.5 Å². The lowest BCUT2D eigenvalue weighted by Gasteiger charge is -2.64. The standard InChI is InChI=1S/C31H43BN2O7.C27H36BNO5/c1-29(2,3)39-28(36)34-13-9-10-21(17-34)38-27(35)33-26(14-19-18-37-23-12-8-7-11-22(19)23)32-40-25-16-20-15-24(30(20,4)5)31(25,6)41-32;1-26(2)18-14-22(26)27(3)23(15-18)33-28(34-27)24(29-25(30)32-19-9-5-4-6-10-19)13-17-16-31-21-12-8-7-11-20(17)21/h7-8,11-12,18,20-21,24-26H,9-10,13-17H2,1-6H3,(H,33,35);7-8,11-12,16,18-19,22-24H,4-6,9-10,13-15H2,1-3H3,(H,29,30)/t20-,21-,24-,25+,26-,31-;18-,22-,23+,24-,27-/m00/s1. The fourth-order valence-electron chi connectivity index (χ4n) is 14.8. The van der Waals surface area contributed by atoms with Crippen LogP contribution < -0.4 is 10.6 Å². The second kappa shape index (κ2) is 19.9. The molecule has 11 atom stereocenters. The van der Waals surface area contributed by atoms with Gasteiger partial charge in [-0.2, -0.15) is 0 Å².